The van der Waals surface area contributed by atoms with Gasteiger partial charge in [-0.3, -0.25) is 67.0 Å². The number of phenolic OH excluding ortho intramolecular Hbond substituents is 1. The Morgan fingerprint density at radius 3 is 2.00 bits per heavy atom. The van der Waals surface area contributed by atoms with Crippen LogP contribution in [0.2, 0.25) is 0 Å². The quantitative estimate of drug-likeness (QED) is 0.0177. The minimum atomic E-state index is -5.35. The molecule has 7 heterocycles. The van der Waals surface area contributed by atoms with Gasteiger partial charge in [0.1, 0.15) is 96.2 Å². The molecule has 3 aromatic heterocycles. The number of aliphatic carboxylic acids is 1. The lowest BCUT2D eigenvalue weighted by Crippen LogP contribution is -2.64. The Morgan fingerprint density at radius 2 is 1.38 bits per heavy atom. The Kier molecular flexibility index (Phi) is 32.0. The lowest BCUT2D eigenvalue weighted by atomic mass is 9.92. The van der Waals surface area contributed by atoms with Gasteiger partial charge in [-0.15, -0.1) is 0 Å². The third kappa shape index (κ3) is 23.5. The number of aromatic hydroxyl groups is 2. The van der Waals surface area contributed by atoms with Gasteiger partial charge in [-0.25, -0.2) is 9.59 Å². The number of ether oxygens (including phenoxy) is 2. The van der Waals surface area contributed by atoms with Crippen molar-refractivity contribution >= 4 is 69.5 Å². The van der Waals surface area contributed by atoms with Gasteiger partial charge in [0.15, 0.2) is 35.8 Å². The van der Waals surface area contributed by atoms with Crippen LogP contribution < -0.4 is 63.5 Å². The van der Waals surface area contributed by atoms with Crippen LogP contribution in [0.4, 0.5) is 0 Å². The average Bonchev–Trinajstić information content (AvgIpc) is 1.62. The maximum absolute atomic E-state index is 14.7. The second kappa shape index (κ2) is 41.4. The molecule has 0 bridgehead atoms. The van der Waals surface area contributed by atoms with E-state index in [0.717, 1.165) is 55.3 Å². The first-order valence-corrected chi connectivity index (χ1v) is 39.9. The van der Waals surface area contributed by atoms with Gasteiger partial charge in [0, 0.05) is 72.8 Å². The van der Waals surface area contributed by atoms with Crippen molar-refractivity contribution in [3.63, 3.8) is 0 Å². The molecule has 48 heteroatoms. The van der Waals surface area contributed by atoms with Gasteiger partial charge in [0.25, 0.3) is 11.5 Å². The van der Waals surface area contributed by atoms with Crippen LogP contribution in [-0.2, 0) is 58.3 Å². The maximum atomic E-state index is 14.7. The predicted molar refractivity (Wildman–Crippen MR) is 419 cm³/mol. The highest BCUT2D eigenvalue weighted by Gasteiger charge is 2.53. The Hall–Kier alpha value is -12.0. The normalized spacial score (nSPS) is 26.2. The number of aliphatic hydroxyl groups excluding tert-OH is 11. The molecule has 6 aromatic rings. The molecular weight excluding hydrogens is 1670 g/mol. The van der Waals surface area contributed by atoms with E-state index in [1.807, 2.05) is 15.6 Å². The molecule has 9 amide bonds. The molecule has 4 aliphatic rings. The minimum absolute atomic E-state index is 0.107. The van der Waals surface area contributed by atoms with E-state index < -0.39 is 270 Å². The summed E-state index contributed by atoms with van der Waals surface area (Å²) in [6.07, 6.45) is -23.4. The molecule has 3 aromatic carbocycles. The number of rotatable bonds is 26. The standard InChI is InChI=1S/C56H71N9O23S.C20H25N5O10/c1-4-5-6-17-86-32-14-11-28(12-15-32)39-21-33(63-87-39)27-7-9-29(10-8-27)49(75)58-34-20-38(70)52(78)62-54(80)45-46(72)25(2)23-65(45)56(82)43(37(69)22-41(57)71)60-53(79)44(48(74)47(73)30-13-16-36(68)40(18-30)88-89(83,84)85)61-51(77)35-19-31(67)24-64(35)55(81)42(26(3)66)59-50(34)76;1-7(13(28)9-3-2-8(26)6-22-9)11(21)17(31)24-12(19(32)33)16-14(29)15(30)18(35-16)25-5-4-10(27)23-20(25)34/h7-16,18,21,25-26,31,34-35,37-38,42-48,52,66-70,72-74,78H,4-6,17,19-20,22-24H2,1-3H3,(H2,57,71)(H,58,75)(H,59,76)(H,60,79)(H,61,77)(H,62,80)(H,83,84,85);2-7,11-16,18,26,28-30H,21H2,1H3,(H,24,31)(H,32,33)(H,23,27,34)/t25-,26+,31+,34-,35-,37+,38+,42-,43-,44-,45-,46-,47-,48-,52+;7-,11-,12-,13-,14-,15+,16+,18+/m00/s1. The van der Waals surface area contributed by atoms with Gasteiger partial charge >= 0.3 is 22.1 Å². The van der Waals surface area contributed by atoms with Crippen molar-refractivity contribution in [2.45, 2.75) is 194 Å². The van der Waals surface area contributed by atoms with E-state index in [0.29, 0.717) is 56.9 Å². The lowest BCUT2D eigenvalue weighted by Gasteiger charge is -2.34. The number of nitrogens with one attached hydrogen (secondary N) is 7. The number of primary amides is 1. The number of H-pyrrole nitrogens is 1. The molecule has 47 nitrogen and oxygen atoms in total. The second-order valence-electron chi connectivity index (χ2n) is 30.0. The fourth-order valence-electron chi connectivity index (χ4n) is 14.0. The number of phenols is 1. The van der Waals surface area contributed by atoms with E-state index in [4.69, 9.17) is 25.5 Å². The summed E-state index contributed by atoms with van der Waals surface area (Å²) in [5.74, 6) is -16.6. The number of hydrogen-bond acceptors (Lipinski definition) is 34. The summed E-state index contributed by atoms with van der Waals surface area (Å²) in [7, 11) is -5.35. The molecule has 0 unspecified atom stereocenters. The van der Waals surface area contributed by atoms with Crippen molar-refractivity contribution in [1.82, 2.24) is 61.4 Å². The number of unbranched alkanes of at least 4 members (excludes halogenated alkanes) is 2. The van der Waals surface area contributed by atoms with Crippen molar-refractivity contribution in [1.29, 1.82) is 0 Å². The van der Waals surface area contributed by atoms with Crippen LogP contribution in [0.1, 0.15) is 106 Å². The number of carbonyl (C=O) groups excluding carboxylic acids is 9. The zero-order valence-electron chi connectivity index (χ0n) is 66.3. The number of amides is 9. The molecule has 10 rings (SSSR count). The Bertz CT molecular complexity index is 5060. The number of nitrogens with zero attached hydrogens (tertiary/aromatic N) is 5. The molecule has 674 valence electrons. The number of carboxylic acids is 1. The first kappa shape index (κ1) is 95.8. The smallest absolute Gasteiger partial charge is 0.446 e. The SMILES string of the molecule is CCCCCOc1ccc(-c2cc(-c3ccc(C(=O)N[C@H]4C[C@@H](O)[C@@H](O)NC(=O)[C@@H]5[C@@H](O)[C@@H](C)CN5C(=O)[C@H]([C@H](O)CC(N)=O)NC(=O)[C@H]([C@H](O)[C@@H](O)c5ccc(O)c(OS(=O)(=O)O)c5)NC(=O)[C@@H]5C[C@@H](O)CN5C(=O)[C@H]([C@@H](C)O)NC4=O)cc3)no2)cc1.C[C@@H]([C@H](N)C(=O)N[C@H](C(=O)O)[C@H]1O[C@@H](n2ccc(=O)[nH]c2=O)[C@H](O)[C@@H]1O)[C@H](O)c1ccc(O)cn1. The van der Waals surface area contributed by atoms with Crippen LogP contribution in [0.25, 0.3) is 22.6 Å². The van der Waals surface area contributed by atoms with E-state index in [2.05, 4.69) is 42.5 Å². The molecule has 0 radical (unpaired) electrons. The Balaban J connectivity index is 0.000000413. The highest BCUT2D eigenvalue weighted by molar-refractivity contribution is 7.81. The Labute approximate surface area is 702 Å². The van der Waals surface area contributed by atoms with Crippen LogP contribution in [0.15, 0.2) is 118 Å². The predicted octanol–water partition coefficient (Wildman–Crippen LogP) is -7.38. The topological polar surface area (TPSA) is 760 Å². The van der Waals surface area contributed by atoms with Gasteiger partial charge < -0.3 is 143 Å². The van der Waals surface area contributed by atoms with Crippen molar-refractivity contribution in [2.75, 3.05) is 19.7 Å². The summed E-state index contributed by atoms with van der Waals surface area (Å²) in [6, 6.07) is 3.73. The number of aromatic nitrogens is 4. The number of carboxylic acid groups (broad SMARTS) is 1. The number of pyridine rings is 1. The minimum Gasteiger partial charge on any atom is -0.506 e. The van der Waals surface area contributed by atoms with Crippen molar-refractivity contribution in [3.05, 3.63) is 141 Å². The fourth-order valence-corrected chi connectivity index (χ4v) is 14.3. The molecule has 124 heavy (non-hydrogen) atoms. The first-order chi connectivity index (χ1) is 58.4. The number of carbonyl (C=O) groups is 10. The average molecular weight is 1770 g/mol. The molecule has 0 aliphatic carbocycles. The van der Waals surface area contributed by atoms with E-state index in [-0.39, 0.29) is 17.0 Å². The third-order valence-corrected chi connectivity index (χ3v) is 21.3. The van der Waals surface area contributed by atoms with Gasteiger partial charge in [-0.05, 0) is 79.6 Å². The zero-order chi connectivity index (χ0) is 91.4. The number of benzene rings is 3. The molecule has 4 saturated heterocycles. The number of hydrogen-bond donors (Lipinski definition) is 24. The van der Waals surface area contributed by atoms with Crippen LogP contribution >= 0.6 is 0 Å². The zero-order valence-corrected chi connectivity index (χ0v) is 67.1. The number of aliphatic hydroxyl groups is 11. The van der Waals surface area contributed by atoms with Crippen LogP contribution in [0.5, 0.6) is 23.0 Å². The first-order valence-electron chi connectivity index (χ1n) is 38.5. The van der Waals surface area contributed by atoms with Crippen molar-refractivity contribution in [3.8, 4) is 45.6 Å². The van der Waals surface area contributed by atoms with Crippen molar-refractivity contribution < 1.29 is 151 Å². The molecule has 4 fully saturated rings. The molecule has 26 N–H and O–H groups in total. The van der Waals surface area contributed by atoms with Gasteiger partial charge in [0.05, 0.1) is 55.4 Å². The molecule has 4 aliphatic heterocycles. The maximum Gasteiger partial charge on any atom is 0.446 e. The number of aromatic amines is 1. The molecule has 0 spiro atoms. The largest absolute Gasteiger partial charge is 0.506 e. The summed E-state index contributed by atoms with van der Waals surface area (Å²) >= 11 is 0. The van der Waals surface area contributed by atoms with Gasteiger partial charge in [0.2, 0.25) is 47.3 Å². The van der Waals surface area contributed by atoms with E-state index >= 15 is 0 Å². The van der Waals surface area contributed by atoms with Gasteiger partial charge in [-0.2, -0.15) is 8.42 Å². The highest BCUT2D eigenvalue weighted by atomic mass is 32.3. The summed E-state index contributed by atoms with van der Waals surface area (Å²) in [5, 5.41) is 168. The molecule has 23 atom stereocenters. The van der Waals surface area contributed by atoms with Crippen LogP contribution in [0, 0.1) is 11.8 Å². The second-order valence-corrected chi connectivity index (χ2v) is 31.0. The number of nitrogens with two attached hydrogens (primary N) is 2. The van der Waals surface area contributed by atoms with Gasteiger partial charge in [-0.1, -0.05) is 57.0 Å². The molecule has 0 saturated carbocycles. The summed E-state index contributed by atoms with van der Waals surface area (Å²) < 4.78 is 54.3. The third-order valence-electron chi connectivity index (χ3n) is 20.9. The summed E-state index contributed by atoms with van der Waals surface area (Å²) in [5.41, 5.74) is 10.5. The summed E-state index contributed by atoms with van der Waals surface area (Å²) in [6.45, 7) is 5.16. The fraction of sp³-hybridized carbons (Fsp3) is 0.474. The molecular formula is C76H96N14O33S. The summed E-state index contributed by atoms with van der Waals surface area (Å²) in [4.78, 5) is 168. The lowest BCUT2D eigenvalue weighted by molar-refractivity contribution is -0.149. The number of fused-ring (bicyclic) bond motifs is 2. The van der Waals surface area contributed by atoms with E-state index in [9.17, 15) is 142 Å². The van der Waals surface area contributed by atoms with E-state index in [1.54, 1.807) is 30.3 Å². The van der Waals surface area contributed by atoms with Crippen LogP contribution in [-0.4, -0.2) is 302 Å². The Morgan fingerprint density at radius 1 is 0.726 bits per heavy atom. The van der Waals surface area contributed by atoms with Crippen molar-refractivity contribution in [2.24, 2.45) is 23.3 Å². The monoisotopic (exact) mass is 1760 g/mol. The van der Waals surface area contributed by atoms with E-state index in [1.165, 1.54) is 50.2 Å². The van der Waals surface area contributed by atoms with Crippen LogP contribution in [0.3, 0.4) is 0 Å². The highest BCUT2D eigenvalue weighted by Crippen LogP contribution is 2.36.